The molecule has 1 aliphatic carbocycles. The molecule has 33 heavy (non-hydrogen) atoms. The summed E-state index contributed by atoms with van der Waals surface area (Å²) in [5, 5.41) is 3.64. The van der Waals surface area contributed by atoms with Gasteiger partial charge in [-0.2, -0.15) is 4.31 Å². The maximum atomic E-state index is 13.0. The topological polar surface area (TPSA) is 84.9 Å². The van der Waals surface area contributed by atoms with E-state index in [9.17, 15) is 13.2 Å². The summed E-state index contributed by atoms with van der Waals surface area (Å²) in [4.78, 5) is 12.5. The molecule has 0 bridgehead atoms. The highest BCUT2D eigenvalue weighted by molar-refractivity contribution is 7.89. The summed E-state index contributed by atoms with van der Waals surface area (Å²) in [7, 11) is -3.52. The van der Waals surface area contributed by atoms with E-state index in [-0.39, 0.29) is 23.8 Å². The minimum Gasteiger partial charge on any atom is -0.462 e. The van der Waals surface area contributed by atoms with Crippen LogP contribution in [0.15, 0.2) is 59.5 Å². The fourth-order valence-electron chi connectivity index (χ4n) is 5.05. The molecule has 0 amide bonds. The molecule has 5 rings (SSSR count). The maximum absolute atomic E-state index is 13.0. The molecule has 8 heteroatoms. The van der Waals surface area contributed by atoms with Crippen molar-refractivity contribution in [1.82, 2.24) is 4.31 Å². The highest BCUT2D eigenvalue weighted by Crippen LogP contribution is 2.50. The largest absolute Gasteiger partial charge is 0.462 e. The Morgan fingerprint density at radius 3 is 2.64 bits per heavy atom. The number of fused-ring (bicyclic) bond motifs is 3. The van der Waals surface area contributed by atoms with Crippen molar-refractivity contribution in [3.05, 3.63) is 71.3 Å². The molecule has 0 radical (unpaired) electrons. The van der Waals surface area contributed by atoms with E-state index in [0.29, 0.717) is 43.4 Å². The Hall–Kier alpha value is -2.68. The first-order valence-electron chi connectivity index (χ1n) is 11.4. The molecule has 3 aliphatic rings. The molecule has 174 valence electrons. The standard InChI is InChI=1S/C25H28N2O5S/c1-2-32-25(28)18-8-11-23-22(16-18)20-4-3-5-21(20)24(26-23)17-6-9-19(10-7-17)33(29,30)27-12-14-31-15-13-27/h3-4,6-11,16,20-21,24,26H,2,5,12-15H2,1H3/t20-,21-,24+/m1/s1. The lowest BCUT2D eigenvalue weighted by Gasteiger charge is -2.37. The molecule has 0 aromatic heterocycles. The van der Waals surface area contributed by atoms with Crippen molar-refractivity contribution in [1.29, 1.82) is 0 Å². The summed E-state index contributed by atoms with van der Waals surface area (Å²) in [6, 6.07) is 13.0. The molecule has 2 aromatic carbocycles. The molecule has 1 N–H and O–H groups in total. The van der Waals surface area contributed by atoms with Crippen LogP contribution < -0.4 is 5.32 Å². The van der Waals surface area contributed by atoms with Crippen molar-refractivity contribution < 1.29 is 22.7 Å². The van der Waals surface area contributed by atoms with Crippen molar-refractivity contribution in [3.8, 4) is 0 Å². The molecule has 7 nitrogen and oxygen atoms in total. The van der Waals surface area contributed by atoms with E-state index in [1.54, 1.807) is 25.1 Å². The smallest absolute Gasteiger partial charge is 0.338 e. The summed E-state index contributed by atoms with van der Waals surface area (Å²) >= 11 is 0. The van der Waals surface area contributed by atoms with Gasteiger partial charge in [-0.15, -0.1) is 0 Å². The van der Waals surface area contributed by atoms with Crippen LogP contribution in [0.2, 0.25) is 0 Å². The molecule has 0 saturated carbocycles. The Morgan fingerprint density at radius 1 is 1.15 bits per heavy atom. The lowest BCUT2D eigenvalue weighted by atomic mass is 9.76. The Kier molecular flexibility index (Phi) is 5.99. The number of carbonyl (C=O) groups is 1. The Labute approximate surface area is 194 Å². The minimum atomic E-state index is -3.52. The van der Waals surface area contributed by atoms with Crippen molar-refractivity contribution in [2.45, 2.75) is 30.2 Å². The molecule has 2 aromatic rings. The van der Waals surface area contributed by atoms with Crippen LogP contribution in [0.1, 0.15) is 46.8 Å². The van der Waals surface area contributed by atoms with Gasteiger partial charge >= 0.3 is 5.97 Å². The van der Waals surface area contributed by atoms with Gasteiger partial charge in [0.05, 0.1) is 36.3 Å². The molecule has 1 fully saturated rings. The number of carbonyl (C=O) groups excluding carboxylic acids is 1. The molecule has 0 unspecified atom stereocenters. The summed E-state index contributed by atoms with van der Waals surface area (Å²) < 4.78 is 37.9. The number of hydrogen-bond acceptors (Lipinski definition) is 6. The first-order valence-corrected chi connectivity index (χ1v) is 12.8. The molecular weight excluding hydrogens is 440 g/mol. The van der Waals surface area contributed by atoms with Crippen molar-refractivity contribution in [2.75, 3.05) is 38.2 Å². The average molecular weight is 469 g/mol. The van der Waals surface area contributed by atoms with Crippen LogP contribution in [-0.2, 0) is 19.5 Å². The second kappa shape index (κ2) is 8.93. The number of nitrogens with zero attached hydrogens (tertiary/aromatic N) is 1. The van der Waals surface area contributed by atoms with E-state index < -0.39 is 10.0 Å². The van der Waals surface area contributed by atoms with Crippen LogP contribution in [0, 0.1) is 5.92 Å². The van der Waals surface area contributed by atoms with E-state index in [2.05, 4.69) is 17.5 Å². The zero-order chi connectivity index (χ0) is 23.0. The number of allylic oxidation sites excluding steroid dienone is 2. The van der Waals surface area contributed by atoms with Gasteiger partial charge in [0, 0.05) is 24.7 Å². The van der Waals surface area contributed by atoms with E-state index in [4.69, 9.17) is 9.47 Å². The van der Waals surface area contributed by atoms with Gasteiger partial charge in [0.2, 0.25) is 10.0 Å². The number of rotatable bonds is 5. The molecule has 0 spiro atoms. The lowest BCUT2D eigenvalue weighted by Crippen LogP contribution is -2.40. The number of morpholine rings is 1. The monoisotopic (exact) mass is 468 g/mol. The number of hydrogen-bond donors (Lipinski definition) is 1. The third-order valence-electron chi connectivity index (χ3n) is 6.72. The average Bonchev–Trinajstić information content (AvgIpc) is 3.34. The van der Waals surface area contributed by atoms with Crippen LogP contribution in [0.5, 0.6) is 0 Å². The fraction of sp³-hybridized carbons (Fsp3) is 0.400. The van der Waals surface area contributed by atoms with Gasteiger partial charge in [-0.3, -0.25) is 0 Å². The maximum Gasteiger partial charge on any atom is 0.338 e. The number of anilines is 1. The van der Waals surface area contributed by atoms with Crippen LogP contribution in [0.25, 0.3) is 0 Å². The number of sulfonamides is 1. The molecule has 3 atom stereocenters. The van der Waals surface area contributed by atoms with Gasteiger partial charge in [-0.05, 0) is 60.7 Å². The SMILES string of the molecule is CCOC(=O)c1ccc2c(c1)[C@@H]1C=CC[C@H]1[C@H](c1ccc(S(=O)(=O)N3CCOCC3)cc1)N2. The second-order valence-corrected chi connectivity index (χ2v) is 10.5. The van der Waals surface area contributed by atoms with Crippen LogP contribution >= 0.6 is 0 Å². The lowest BCUT2D eigenvalue weighted by molar-refractivity contribution is 0.0526. The van der Waals surface area contributed by atoms with Crippen molar-refractivity contribution in [3.63, 3.8) is 0 Å². The van der Waals surface area contributed by atoms with E-state index >= 15 is 0 Å². The van der Waals surface area contributed by atoms with Crippen molar-refractivity contribution >= 4 is 21.7 Å². The van der Waals surface area contributed by atoms with E-state index in [1.807, 2.05) is 24.3 Å². The van der Waals surface area contributed by atoms with Gasteiger partial charge in [0.15, 0.2) is 0 Å². The number of ether oxygens (including phenoxy) is 2. The van der Waals surface area contributed by atoms with Crippen LogP contribution in [0.3, 0.4) is 0 Å². The number of benzene rings is 2. The molecule has 2 heterocycles. The predicted molar refractivity (Wildman–Crippen MR) is 125 cm³/mol. The molecule has 1 saturated heterocycles. The van der Waals surface area contributed by atoms with Gasteiger partial charge in [0.25, 0.3) is 0 Å². The summed E-state index contributed by atoms with van der Waals surface area (Å²) in [5.74, 6) is 0.173. The van der Waals surface area contributed by atoms with Gasteiger partial charge in [0.1, 0.15) is 0 Å². The Bertz CT molecular complexity index is 1170. The zero-order valence-corrected chi connectivity index (χ0v) is 19.4. The van der Waals surface area contributed by atoms with Gasteiger partial charge in [-0.1, -0.05) is 24.3 Å². The van der Waals surface area contributed by atoms with Crippen molar-refractivity contribution in [2.24, 2.45) is 5.92 Å². The second-order valence-electron chi connectivity index (χ2n) is 8.58. The third kappa shape index (κ3) is 4.07. The summed E-state index contributed by atoms with van der Waals surface area (Å²) in [6.45, 7) is 3.77. The van der Waals surface area contributed by atoms with Crippen LogP contribution in [0.4, 0.5) is 5.69 Å². The molecular formula is C25H28N2O5S. The van der Waals surface area contributed by atoms with Crippen LogP contribution in [-0.4, -0.2) is 51.6 Å². The third-order valence-corrected chi connectivity index (χ3v) is 8.63. The minimum absolute atomic E-state index is 0.0473. The van der Waals surface area contributed by atoms with E-state index in [1.165, 1.54) is 4.31 Å². The first kappa shape index (κ1) is 22.1. The normalized spacial score (nSPS) is 24.6. The Balaban J connectivity index is 1.41. The van der Waals surface area contributed by atoms with E-state index in [0.717, 1.165) is 23.2 Å². The van der Waals surface area contributed by atoms with Gasteiger partial charge in [-0.25, -0.2) is 13.2 Å². The zero-order valence-electron chi connectivity index (χ0n) is 18.6. The quantitative estimate of drug-likeness (QED) is 0.532. The van der Waals surface area contributed by atoms with Gasteiger partial charge < -0.3 is 14.8 Å². The number of nitrogens with one attached hydrogen (secondary N) is 1. The first-order chi connectivity index (χ1) is 16.0. The summed E-state index contributed by atoms with van der Waals surface area (Å²) in [6.07, 6.45) is 5.32. The highest BCUT2D eigenvalue weighted by atomic mass is 32.2. The number of esters is 1. The molecule has 2 aliphatic heterocycles. The fourth-order valence-corrected chi connectivity index (χ4v) is 6.46. The Morgan fingerprint density at radius 2 is 1.91 bits per heavy atom. The highest BCUT2D eigenvalue weighted by Gasteiger charge is 2.38. The predicted octanol–water partition coefficient (Wildman–Crippen LogP) is 3.71. The summed E-state index contributed by atoms with van der Waals surface area (Å²) in [5.41, 5.74) is 3.70.